The van der Waals surface area contributed by atoms with Gasteiger partial charge in [-0.05, 0) is 53.3 Å². The van der Waals surface area contributed by atoms with E-state index < -0.39 is 0 Å². The van der Waals surface area contributed by atoms with Crippen LogP contribution in [0.4, 0.5) is 0 Å². The average molecular weight is 420 g/mol. The Kier molecular flexibility index (Phi) is 6.53. The Morgan fingerprint density at radius 3 is 2.55 bits per heavy atom. The molecule has 1 aliphatic heterocycles. The number of nitriles is 1. The number of nitrogens with one attached hydrogen (secondary N) is 1. The lowest BCUT2D eigenvalue weighted by Crippen LogP contribution is -2.28. The lowest BCUT2D eigenvalue weighted by molar-refractivity contribution is 0.325. The van der Waals surface area contributed by atoms with Crippen LogP contribution >= 0.6 is 23.5 Å². The average Bonchev–Trinajstić information content (AvgIpc) is 3.21. The molecule has 0 amide bonds. The molecule has 29 heavy (non-hydrogen) atoms. The van der Waals surface area contributed by atoms with E-state index in [1.807, 2.05) is 18.2 Å². The molecule has 0 spiro atoms. The third-order valence-electron chi connectivity index (χ3n) is 5.14. The van der Waals surface area contributed by atoms with E-state index in [0.717, 1.165) is 31.0 Å². The Bertz CT molecular complexity index is 999. The summed E-state index contributed by atoms with van der Waals surface area (Å²) in [6.07, 6.45) is 1.12. The van der Waals surface area contributed by atoms with Gasteiger partial charge in [0.2, 0.25) is 0 Å². The van der Waals surface area contributed by atoms with E-state index in [1.54, 1.807) is 18.0 Å². The van der Waals surface area contributed by atoms with Gasteiger partial charge in [0, 0.05) is 30.6 Å². The molecule has 0 saturated carbocycles. The van der Waals surface area contributed by atoms with Crippen molar-refractivity contribution >= 4 is 23.5 Å². The van der Waals surface area contributed by atoms with Crippen molar-refractivity contribution in [1.29, 1.82) is 5.26 Å². The Morgan fingerprint density at radius 2 is 1.79 bits per heavy atom. The zero-order valence-corrected chi connectivity index (χ0v) is 17.6. The number of halogens is 1. The van der Waals surface area contributed by atoms with Gasteiger partial charge in [-0.3, -0.25) is 9.62 Å². The lowest BCUT2D eigenvalue weighted by Gasteiger charge is -2.17. The van der Waals surface area contributed by atoms with Crippen LogP contribution in [0.25, 0.3) is 11.1 Å². The van der Waals surface area contributed by atoms with E-state index in [0.29, 0.717) is 16.6 Å². The van der Waals surface area contributed by atoms with Crippen LogP contribution in [0.1, 0.15) is 17.5 Å². The zero-order valence-electron chi connectivity index (χ0n) is 16.0. The van der Waals surface area contributed by atoms with Crippen molar-refractivity contribution in [3.8, 4) is 17.2 Å². The van der Waals surface area contributed by atoms with Gasteiger partial charge >= 0.3 is 0 Å². The van der Waals surface area contributed by atoms with Crippen molar-refractivity contribution in [2.45, 2.75) is 23.9 Å². The van der Waals surface area contributed by atoms with E-state index in [2.05, 4.69) is 64.2 Å². The van der Waals surface area contributed by atoms with E-state index in [9.17, 15) is 0 Å². The molecule has 1 heterocycles. The standard InChI is InChI=1S/C24H22ClN3S/c25-24-11-10-23(14-21(24)15-26)29-27-22-12-13-28(17-22)16-18-6-8-20(9-7-18)19-4-2-1-3-5-19/h1-11,14,22,27H,12-13,16-17H2. The molecular weight excluding hydrogens is 398 g/mol. The number of rotatable bonds is 6. The van der Waals surface area contributed by atoms with Crippen molar-refractivity contribution in [3.05, 3.63) is 88.9 Å². The summed E-state index contributed by atoms with van der Waals surface area (Å²) >= 11 is 7.58. The summed E-state index contributed by atoms with van der Waals surface area (Å²) in [5, 5.41) is 9.61. The molecule has 1 aliphatic rings. The Balaban J connectivity index is 1.28. The summed E-state index contributed by atoms with van der Waals surface area (Å²) < 4.78 is 3.54. The summed E-state index contributed by atoms with van der Waals surface area (Å²) in [7, 11) is 0. The third-order valence-corrected chi connectivity index (χ3v) is 6.41. The summed E-state index contributed by atoms with van der Waals surface area (Å²) in [5.41, 5.74) is 4.37. The van der Waals surface area contributed by atoms with Crippen LogP contribution in [0.5, 0.6) is 0 Å². The molecule has 3 aromatic carbocycles. The second-order valence-electron chi connectivity index (χ2n) is 7.26. The van der Waals surface area contributed by atoms with Crippen LogP contribution in [0.2, 0.25) is 5.02 Å². The molecule has 1 fully saturated rings. The number of hydrogen-bond donors (Lipinski definition) is 1. The SMILES string of the molecule is N#Cc1cc(SNC2CCN(Cc3ccc(-c4ccccc4)cc3)C2)ccc1Cl. The fourth-order valence-electron chi connectivity index (χ4n) is 3.57. The molecule has 3 aromatic rings. The van der Waals surface area contributed by atoms with Crippen molar-refractivity contribution in [3.63, 3.8) is 0 Å². The molecule has 1 unspecified atom stereocenters. The maximum absolute atomic E-state index is 9.11. The highest BCUT2D eigenvalue weighted by Gasteiger charge is 2.22. The quantitative estimate of drug-likeness (QED) is 0.516. The van der Waals surface area contributed by atoms with Crippen LogP contribution in [0, 0.1) is 11.3 Å². The van der Waals surface area contributed by atoms with Crippen LogP contribution in [0.3, 0.4) is 0 Å². The molecule has 0 bridgehead atoms. The molecular formula is C24H22ClN3S. The molecule has 1 atom stereocenters. The highest BCUT2D eigenvalue weighted by Crippen LogP contribution is 2.25. The second-order valence-corrected chi connectivity index (χ2v) is 8.58. The van der Waals surface area contributed by atoms with Crippen LogP contribution in [-0.4, -0.2) is 24.0 Å². The molecule has 0 aromatic heterocycles. The summed E-state index contributed by atoms with van der Waals surface area (Å²) in [4.78, 5) is 3.50. The van der Waals surface area contributed by atoms with Gasteiger partial charge in [-0.2, -0.15) is 5.26 Å². The number of likely N-dealkylation sites (tertiary alicyclic amines) is 1. The molecule has 146 valence electrons. The van der Waals surface area contributed by atoms with E-state index in [1.165, 1.54) is 16.7 Å². The monoisotopic (exact) mass is 419 g/mol. The summed E-state index contributed by atoms with van der Waals surface area (Å²) in [6.45, 7) is 3.08. The third kappa shape index (κ3) is 5.20. The smallest absolute Gasteiger partial charge is 0.101 e. The van der Waals surface area contributed by atoms with Crippen LogP contribution < -0.4 is 4.72 Å². The minimum absolute atomic E-state index is 0.435. The molecule has 1 N–H and O–H groups in total. The van der Waals surface area contributed by atoms with Crippen LogP contribution in [0.15, 0.2) is 77.7 Å². The Labute approximate surface area is 181 Å². The van der Waals surface area contributed by atoms with Crippen molar-refractivity contribution in [2.24, 2.45) is 0 Å². The fourth-order valence-corrected chi connectivity index (χ4v) is 4.54. The molecule has 4 rings (SSSR count). The van der Waals surface area contributed by atoms with Crippen molar-refractivity contribution in [1.82, 2.24) is 9.62 Å². The normalized spacial score (nSPS) is 16.6. The highest BCUT2D eigenvalue weighted by atomic mass is 35.5. The summed E-state index contributed by atoms with van der Waals surface area (Å²) in [6, 6.07) is 27.5. The van der Waals surface area contributed by atoms with Crippen LogP contribution in [-0.2, 0) is 6.54 Å². The van der Waals surface area contributed by atoms with Gasteiger partial charge in [0.15, 0.2) is 0 Å². The number of hydrogen-bond acceptors (Lipinski definition) is 4. The zero-order chi connectivity index (χ0) is 20.1. The van der Waals surface area contributed by atoms with E-state index in [-0.39, 0.29) is 0 Å². The first-order chi connectivity index (χ1) is 14.2. The predicted octanol–water partition coefficient (Wildman–Crippen LogP) is 5.75. The second kappa shape index (κ2) is 9.47. The topological polar surface area (TPSA) is 39.1 Å². The molecule has 3 nitrogen and oxygen atoms in total. The first kappa shape index (κ1) is 20.0. The van der Waals surface area contributed by atoms with Crippen molar-refractivity contribution < 1.29 is 0 Å². The molecule has 0 aliphatic carbocycles. The fraction of sp³-hybridized carbons (Fsp3) is 0.208. The van der Waals surface area contributed by atoms with Gasteiger partial charge in [0.25, 0.3) is 0 Å². The maximum Gasteiger partial charge on any atom is 0.101 e. The lowest BCUT2D eigenvalue weighted by atomic mass is 10.0. The maximum atomic E-state index is 9.11. The first-order valence-corrected chi connectivity index (χ1v) is 10.9. The largest absolute Gasteiger partial charge is 0.297 e. The van der Waals surface area contributed by atoms with Gasteiger partial charge < -0.3 is 0 Å². The number of nitrogens with zero attached hydrogens (tertiary/aromatic N) is 2. The minimum atomic E-state index is 0.435. The van der Waals surface area contributed by atoms with Gasteiger partial charge in [0.1, 0.15) is 6.07 Å². The molecule has 0 radical (unpaired) electrons. The van der Waals surface area contributed by atoms with E-state index in [4.69, 9.17) is 16.9 Å². The molecule has 5 heteroatoms. The van der Waals surface area contributed by atoms with Gasteiger partial charge in [-0.15, -0.1) is 0 Å². The highest BCUT2D eigenvalue weighted by molar-refractivity contribution is 7.97. The van der Waals surface area contributed by atoms with Crippen molar-refractivity contribution in [2.75, 3.05) is 13.1 Å². The first-order valence-electron chi connectivity index (χ1n) is 9.70. The molecule has 1 saturated heterocycles. The predicted molar refractivity (Wildman–Crippen MR) is 121 cm³/mol. The van der Waals surface area contributed by atoms with Gasteiger partial charge in [0.05, 0.1) is 10.6 Å². The number of benzene rings is 3. The minimum Gasteiger partial charge on any atom is -0.297 e. The van der Waals surface area contributed by atoms with E-state index >= 15 is 0 Å². The summed E-state index contributed by atoms with van der Waals surface area (Å²) in [5.74, 6) is 0. The Morgan fingerprint density at radius 1 is 1.03 bits per heavy atom. The van der Waals surface area contributed by atoms with Gasteiger partial charge in [-0.1, -0.05) is 66.2 Å². The van der Waals surface area contributed by atoms with Gasteiger partial charge in [-0.25, -0.2) is 0 Å². The Hall–Kier alpha value is -2.29.